The van der Waals surface area contributed by atoms with Gasteiger partial charge in [-0.3, -0.25) is 0 Å². The van der Waals surface area contributed by atoms with Crippen LogP contribution in [0.4, 0.5) is 19.3 Å². The molecule has 2 bridgehead atoms. The summed E-state index contributed by atoms with van der Waals surface area (Å²) < 4.78 is 32.3. The van der Waals surface area contributed by atoms with Crippen molar-refractivity contribution in [1.82, 2.24) is 4.90 Å². The van der Waals surface area contributed by atoms with E-state index in [9.17, 15) is 13.6 Å². The molecule has 2 saturated heterocycles. The number of carbonyl (C=O) groups is 1. The van der Waals surface area contributed by atoms with Crippen LogP contribution in [0.1, 0.15) is 46.5 Å². The number of benzene rings is 1. The van der Waals surface area contributed by atoms with Crippen LogP contribution in [0, 0.1) is 11.6 Å². The van der Waals surface area contributed by atoms with Crippen molar-refractivity contribution in [2.45, 2.75) is 70.2 Å². The average molecular weight is 338 g/mol. The molecule has 2 unspecified atom stereocenters. The fraction of sp³-hybridized carbons (Fsp3) is 0.611. The van der Waals surface area contributed by atoms with Gasteiger partial charge in [-0.25, -0.2) is 13.6 Å². The van der Waals surface area contributed by atoms with Crippen molar-refractivity contribution in [3.05, 3.63) is 29.8 Å². The van der Waals surface area contributed by atoms with Gasteiger partial charge in [0.15, 0.2) is 0 Å². The molecule has 1 aromatic rings. The second-order valence-electron chi connectivity index (χ2n) is 7.71. The minimum absolute atomic E-state index is 0.0705. The quantitative estimate of drug-likeness (QED) is 0.874. The number of halogens is 2. The Morgan fingerprint density at radius 2 is 1.83 bits per heavy atom. The van der Waals surface area contributed by atoms with Gasteiger partial charge in [-0.1, -0.05) is 0 Å². The van der Waals surface area contributed by atoms with E-state index < -0.39 is 17.2 Å². The van der Waals surface area contributed by atoms with E-state index in [1.165, 1.54) is 12.1 Å². The standard InChI is InChI=1S/C18H24F2N2O2/c1-18(2,3)24-17(23)22-13-5-6-14(22)10-12(9-13)21-16-7-4-11(19)8-15(16)20/h4,7-8,12-14,21H,5-6,9-10H2,1-3H3. The van der Waals surface area contributed by atoms with Crippen molar-refractivity contribution in [2.75, 3.05) is 5.32 Å². The number of ether oxygens (including phenoxy) is 1. The Kier molecular flexibility index (Phi) is 4.40. The van der Waals surface area contributed by atoms with Gasteiger partial charge in [0.2, 0.25) is 0 Å². The molecule has 2 fully saturated rings. The van der Waals surface area contributed by atoms with Gasteiger partial charge < -0.3 is 15.0 Å². The van der Waals surface area contributed by atoms with E-state index in [0.717, 1.165) is 31.7 Å². The maximum Gasteiger partial charge on any atom is 0.410 e. The zero-order chi connectivity index (χ0) is 17.5. The molecule has 2 atom stereocenters. The van der Waals surface area contributed by atoms with Crippen molar-refractivity contribution in [2.24, 2.45) is 0 Å². The first-order valence-electron chi connectivity index (χ1n) is 8.46. The van der Waals surface area contributed by atoms with Crippen molar-refractivity contribution in [1.29, 1.82) is 0 Å². The predicted molar refractivity (Wildman–Crippen MR) is 87.9 cm³/mol. The first-order chi connectivity index (χ1) is 11.2. The molecule has 0 saturated carbocycles. The van der Waals surface area contributed by atoms with Crippen LogP contribution in [0.25, 0.3) is 0 Å². The molecule has 0 radical (unpaired) electrons. The highest BCUT2D eigenvalue weighted by molar-refractivity contribution is 5.69. The molecule has 0 aliphatic carbocycles. The van der Waals surface area contributed by atoms with E-state index in [1.807, 2.05) is 25.7 Å². The predicted octanol–water partition coefficient (Wildman–Crippen LogP) is 4.31. The Bertz CT molecular complexity index is 616. The third-order valence-electron chi connectivity index (χ3n) is 4.63. The fourth-order valence-electron chi connectivity index (χ4n) is 3.73. The summed E-state index contributed by atoms with van der Waals surface area (Å²) in [6, 6.07) is 3.84. The van der Waals surface area contributed by atoms with Crippen LogP contribution in [-0.4, -0.2) is 34.7 Å². The first-order valence-corrected chi connectivity index (χ1v) is 8.46. The minimum Gasteiger partial charge on any atom is -0.444 e. The highest BCUT2D eigenvalue weighted by Gasteiger charge is 2.44. The molecule has 1 amide bonds. The SMILES string of the molecule is CC(C)(C)OC(=O)N1C2CCC1CC(Nc1ccc(F)cc1F)C2. The lowest BCUT2D eigenvalue weighted by molar-refractivity contribution is 0.00682. The van der Waals surface area contributed by atoms with E-state index in [4.69, 9.17) is 4.74 Å². The third kappa shape index (κ3) is 3.62. The Labute approximate surface area is 141 Å². The zero-order valence-corrected chi connectivity index (χ0v) is 14.3. The lowest BCUT2D eigenvalue weighted by atomic mass is 9.97. The maximum atomic E-state index is 13.8. The summed E-state index contributed by atoms with van der Waals surface area (Å²) in [5.74, 6) is -1.17. The Morgan fingerprint density at radius 3 is 2.38 bits per heavy atom. The van der Waals surface area contributed by atoms with Crippen LogP contribution in [0.5, 0.6) is 0 Å². The van der Waals surface area contributed by atoms with E-state index in [1.54, 1.807) is 0 Å². The molecule has 1 N–H and O–H groups in total. The number of rotatable bonds is 2. The lowest BCUT2D eigenvalue weighted by Crippen LogP contribution is -2.51. The number of carbonyl (C=O) groups excluding carboxylic acids is 1. The molecule has 0 spiro atoms. The molecule has 3 rings (SSSR count). The largest absolute Gasteiger partial charge is 0.444 e. The van der Waals surface area contributed by atoms with Crippen LogP contribution in [0.3, 0.4) is 0 Å². The van der Waals surface area contributed by atoms with Crippen LogP contribution in [-0.2, 0) is 4.74 Å². The number of fused-ring (bicyclic) bond motifs is 2. The fourth-order valence-corrected chi connectivity index (χ4v) is 3.73. The number of piperidine rings is 1. The van der Waals surface area contributed by atoms with Gasteiger partial charge >= 0.3 is 6.09 Å². The van der Waals surface area contributed by atoms with Gasteiger partial charge in [0.25, 0.3) is 0 Å². The van der Waals surface area contributed by atoms with Gasteiger partial charge in [0.05, 0.1) is 5.69 Å². The van der Waals surface area contributed by atoms with Crippen molar-refractivity contribution >= 4 is 11.8 Å². The summed E-state index contributed by atoms with van der Waals surface area (Å²) in [5, 5.41) is 3.16. The van der Waals surface area contributed by atoms with E-state index in [0.29, 0.717) is 5.69 Å². The summed E-state index contributed by atoms with van der Waals surface area (Å²) in [6.07, 6.45) is 3.10. The lowest BCUT2D eigenvalue weighted by Gasteiger charge is -2.40. The molecule has 0 aromatic heterocycles. The molecule has 24 heavy (non-hydrogen) atoms. The average Bonchev–Trinajstić information content (AvgIpc) is 2.72. The number of nitrogens with one attached hydrogen (secondary N) is 1. The summed E-state index contributed by atoms with van der Waals surface area (Å²) in [7, 11) is 0. The molecule has 2 heterocycles. The summed E-state index contributed by atoms with van der Waals surface area (Å²) in [5.41, 5.74) is -0.199. The smallest absolute Gasteiger partial charge is 0.410 e. The van der Waals surface area contributed by atoms with Crippen LogP contribution < -0.4 is 5.32 Å². The van der Waals surface area contributed by atoms with Gasteiger partial charge in [0, 0.05) is 24.2 Å². The summed E-state index contributed by atoms with van der Waals surface area (Å²) in [6.45, 7) is 5.58. The second kappa shape index (κ2) is 6.22. The molecule has 4 nitrogen and oxygen atoms in total. The monoisotopic (exact) mass is 338 g/mol. The number of hydrogen-bond donors (Lipinski definition) is 1. The summed E-state index contributed by atoms with van der Waals surface area (Å²) in [4.78, 5) is 14.3. The molecule has 2 aliphatic rings. The summed E-state index contributed by atoms with van der Waals surface area (Å²) >= 11 is 0. The van der Waals surface area contributed by atoms with Gasteiger partial charge in [-0.15, -0.1) is 0 Å². The Hall–Kier alpha value is -1.85. The normalized spacial score (nSPS) is 26.4. The molecular weight excluding hydrogens is 314 g/mol. The van der Waals surface area contributed by atoms with Crippen LogP contribution >= 0.6 is 0 Å². The maximum absolute atomic E-state index is 13.8. The van der Waals surface area contributed by atoms with E-state index >= 15 is 0 Å². The van der Waals surface area contributed by atoms with Crippen LogP contribution in [0.2, 0.25) is 0 Å². The molecular formula is C18H24F2N2O2. The second-order valence-corrected chi connectivity index (χ2v) is 7.71. The topological polar surface area (TPSA) is 41.6 Å². The zero-order valence-electron chi connectivity index (χ0n) is 14.3. The molecule has 6 heteroatoms. The molecule has 132 valence electrons. The number of hydrogen-bond acceptors (Lipinski definition) is 3. The van der Waals surface area contributed by atoms with E-state index in [-0.39, 0.29) is 24.2 Å². The highest BCUT2D eigenvalue weighted by atomic mass is 19.1. The minimum atomic E-state index is -0.586. The van der Waals surface area contributed by atoms with Gasteiger partial charge in [0.1, 0.15) is 17.2 Å². The molecule has 2 aliphatic heterocycles. The molecule has 1 aromatic carbocycles. The van der Waals surface area contributed by atoms with Gasteiger partial charge in [-0.2, -0.15) is 0 Å². The Morgan fingerprint density at radius 1 is 1.21 bits per heavy atom. The number of anilines is 1. The van der Waals surface area contributed by atoms with Crippen molar-refractivity contribution in [3.63, 3.8) is 0 Å². The van der Waals surface area contributed by atoms with Crippen LogP contribution in [0.15, 0.2) is 18.2 Å². The van der Waals surface area contributed by atoms with Crippen molar-refractivity contribution < 1.29 is 18.3 Å². The van der Waals surface area contributed by atoms with Crippen molar-refractivity contribution in [3.8, 4) is 0 Å². The highest BCUT2D eigenvalue weighted by Crippen LogP contribution is 2.38. The number of amides is 1. The van der Waals surface area contributed by atoms with E-state index in [2.05, 4.69) is 5.32 Å². The first kappa shape index (κ1) is 17.0. The Balaban J connectivity index is 1.66. The number of nitrogens with zero attached hydrogens (tertiary/aromatic N) is 1. The van der Waals surface area contributed by atoms with Gasteiger partial charge in [-0.05, 0) is 58.6 Å². The third-order valence-corrected chi connectivity index (χ3v) is 4.63.